The average molecular weight is 303 g/mol. The van der Waals surface area contributed by atoms with Crippen LogP contribution in [0.4, 0.5) is 0 Å². The van der Waals surface area contributed by atoms with Crippen molar-refractivity contribution in [2.45, 2.75) is 111 Å². The lowest BCUT2D eigenvalue weighted by Gasteiger charge is -2.23. The predicted octanol–water partition coefficient (Wildman–Crippen LogP) is 7.73. The molecule has 0 heterocycles. The third-order valence-corrected chi connectivity index (χ3v) is 4.68. The summed E-state index contributed by atoms with van der Waals surface area (Å²) in [5, 5.41) is 0. The van der Waals surface area contributed by atoms with Crippen LogP contribution >= 0.6 is 11.6 Å². The first-order valence-corrected chi connectivity index (χ1v) is 9.72. The van der Waals surface area contributed by atoms with Gasteiger partial charge in [0.2, 0.25) is 0 Å². The van der Waals surface area contributed by atoms with Crippen molar-refractivity contribution >= 4 is 11.6 Å². The Labute approximate surface area is 134 Å². The highest BCUT2D eigenvalue weighted by atomic mass is 35.5. The summed E-state index contributed by atoms with van der Waals surface area (Å²) in [5.74, 6) is 0.842. The minimum atomic E-state index is 0.581. The van der Waals surface area contributed by atoms with E-state index in [0.29, 0.717) is 5.41 Å². The van der Waals surface area contributed by atoms with Crippen LogP contribution in [0.2, 0.25) is 0 Å². The minimum absolute atomic E-state index is 0.581. The van der Waals surface area contributed by atoms with E-state index in [9.17, 15) is 0 Å². The van der Waals surface area contributed by atoms with Crippen molar-refractivity contribution in [3.05, 3.63) is 0 Å². The van der Waals surface area contributed by atoms with E-state index in [0.717, 1.165) is 5.88 Å². The molecular formula is C19H39Cl. The zero-order valence-corrected chi connectivity index (χ0v) is 15.2. The summed E-state index contributed by atoms with van der Waals surface area (Å²) in [6.07, 6.45) is 19.6. The van der Waals surface area contributed by atoms with E-state index in [1.807, 2.05) is 0 Å². The first-order valence-electron chi connectivity index (χ1n) is 9.18. The van der Waals surface area contributed by atoms with Crippen LogP contribution in [0.3, 0.4) is 0 Å². The van der Waals surface area contributed by atoms with E-state index >= 15 is 0 Å². The molecule has 0 saturated carbocycles. The summed E-state index contributed by atoms with van der Waals surface area (Å²) < 4.78 is 0. The molecule has 0 bridgehead atoms. The summed E-state index contributed by atoms with van der Waals surface area (Å²) in [4.78, 5) is 0. The maximum atomic E-state index is 5.67. The number of hydrogen-bond acceptors (Lipinski definition) is 0. The highest BCUT2D eigenvalue weighted by Crippen LogP contribution is 2.29. The number of alkyl halides is 1. The fourth-order valence-electron chi connectivity index (χ4n) is 3.09. The second-order valence-corrected chi connectivity index (χ2v) is 7.62. The standard InChI is InChI=1S/C19H39Cl/c1-4-16-19(2,3)17-14-12-10-8-6-5-7-9-11-13-15-18-20/h4-18H2,1-3H3. The van der Waals surface area contributed by atoms with Gasteiger partial charge in [0.05, 0.1) is 0 Å². The van der Waals surface area contributed by atoms with Gasteiger partial charge < -0.3 is 0 Å². The van der Waals surface area contributed by atoms with Crippen LogP contribution in [0, 0.1) is 5.41 Å². The first-order chi connectivity index (χ1) is 9.62. The van der Waals surface area contributed by atoms with Gasteiger partial charge in [0.1, 0.15) is 0 Å². The summed E-state index contributed by atoms with van der Waals surface area (Å²) in [7, 11) is 0. The maximum absolute atomic E-state index is 5.67. The quantitative estimate of drug-likeness (QED) is 0.214. The minimum Gasteiger partial charge on any atom is -0.127 e. The van der Waals surface area contributed by atoms with Crippen molar-refractivity contribution < 1.29 is 0 Å². The normalized spacial score (nSPS) is 12.0. The molecule has 0 atom stereocenters. The molecule has 0 aliphatic heterocycles. The van der Waals surface area contributed by atoms with E-state index in [2.05, 4.69) is 20.8 Å². The van der Waals surface area contributed by atoms with Gasteiger partial charge in [0, 0.05) is 5.88 Å². The summed E-state index contributed by atoms with van der Waals surface area (Å²) in [6.45, 7) is 7.17. The first kappa shape index (κ1) is 20.3. The highest BCUT2D eigenvalue weighted by Gasteiger charge is 2.15. The van der Waals surface area contributed by atoms with Gasteiger partial charge in [-0.15, -0.1) is 11.6 Å². The molecule has 0 unspecified atom stereocenters. The Hall–Kier alpha value is 0.290. The van der Waals surface area contributed by atoms with E-state index in [4.69, 9.17) is 11.6 Å². The fourth-order valence-corrected chi connectivity index (χ4v) is 3.28. The third-order valence-electron chi connectivity index (χ3n) is 4.41. The number of hydrogen-bond donors (Lipinski definition) is 0. The molecule has 0 amide bonds. The third kappa shape index (κ3) is 14.7. The van der Waals surface area contributed by atoms with Gasteiger partial charge in [-0.05, 0) is 24.7 Å². The van der Waals surface area contributed by atoms with E-state index in [1.54, 1.807) is 0 Å². The highest BCUT2D eigenvalue weighted by molar-refractivity contribution is 6.17. The Morgan fingerprint density at radius 2 is 1.00 bits per heavy atom. The average Bonchev–Trinajstić information content (AvgIpc) is 2.40. The smallest absolute Gasteiger partial charge is 0.0223 e. The van der Waals surface area contributed by atoms with Crippen molar-refractivity contribution in [3.8, 4) is 0 Å². The van der Waals surface area contributed by atoms with Crippen LogP contribution in [-0.4, -0.2) is 5.88 Å². The molecule has 0 aliphatic carbocycles. The maximum Gasteiger partial charge on any atom is 0.0223 e. The van der Waals surface area contributed by atoms with Gasteiger partial charge in [0.25, 0.3) is 0 Å². The van der Waals surface area contributed by atoms with E-state index in [1.165, 1.54) is 89.9 Å². The Morgan fingerprint density at radius 1 is 0.600 bits per heavy atom. The topological polar surface area (TPSA) is 0 Å². The monoisotopic (exact) mass is 302 g/mol. The molecule has 0 spiro atoms. The zero-order chi connectivity index (χ0) is 15.1. The molecule has 0 fully saturated rings. The van der Waals surface area contributed by atoms with Crippen LogP contribution < -0.4 is 0 Å². The number of rotatable bonds is 15. The largest absolute Gasteiger partial charge is 0.127 e. The van der Waals surface area contributed by atoms with E-state index < -0.39 is 0 Å². The van der Waals surface area contributed by atoms with Gasteiger partial charge in [-0.25, -0.2) is 0 Å². The molecule has 0 nitrogen and oxygen atoms in total. The van der Waals surface area contributed by atoms with Gasteiger partial charge in [-0.1, -0.05) is 91.4 Å². The lowest BCUT2D eigenvalue weighted by molar-refractivity contribution is 0.291. The van der Waals surface area contributed by atoms with Gasteiger partial charge in [-0.3, -0.25) is 0 Å². The Bertz CT molecular complexity index is 186. The van der Waals surface area contributed by atoms with Crippen LogP contribution in [0.5, 0.6) is 0 Å². The second-order valence-electron chi connectivity index (χ2n) is 7.24. The Morgan fingerprint density at radius 3 is 1.40 bits per heavy atom. The van der Waals surface area contributed by atoms with Crippen molar-refractivity contribution in [2.75, 3.05) is 5.88 Å². The van der Waals surface area contributed by atoms with E-state index in [-0.39, 0.29) is 0 Å². The van der Waals surface area contributed by atoms with Crippen molar-refractivity contribution in [2.24, 2.45) is 5.41 Å². The van der Waals surface area contributed by atoms with Crippen LogP contribution in [0.25, 0.3) is 0 Å². The van der Waals surface area contributed by atoms with Crippen LogP contribution in [0.15, 0.2) is 0 Å². The molecule has 0 aliphatic rings. The SMILES string of the molecule is CCCC(C)(C)CCCCCCCCCCCCCCl. The molecule has 0 aromatic carbocycles. The zero-order valence-electron chi connectivity index (χ0n) is 14.5. The molecule has 0 N–H and O–H groups in total. The molecule has 20 heavy (non-hydrogen) atoms. The molecule has 0 radical (unpaired) electrons. The van der Waals surface area contributed by atoms with Gasteiger partial charge in [-0.2, -0.15) is 0 Å². The van der Waals surface area contributed by atoms with Crippen molar-refractivity contribution in [1.29, 1.82) is 0 Å². The lowest BCUT2D eigenvalue weighted by Crippen LogP contribution is -2.10. The fraction of sp³-hybridized carbons (Fsp3) is 1.00. The number of unbranched alkanes of at least 4 members (excludes halogenated alkanes) is 10. The lowest BCUT2D eigenvalue weighted by atomic mass is 9.83. The molecule has 1 heteroatoms. The van der Waals surface area contributed by atoms with Gasteiger partial charge >= 0.3 is 0 Å². The summed E-state index contributed by atoms with van der Waals surface area (Å²) in [6, 6.07) is 0. The molecule has 0 aromatic rings. The van der Waals surface area contributed by atoms with Crippen molar-refractivity contribution in [3.63, 3.8) is 0 Å². The van der Waals surface area contributed by atoms with Crippen molar-refractivity contribution in [1.82, 2.24) is 0 Å². The van der Waals surface area contributed by atoms with Gasteiger partial charge in [0.15, 0.2) is 0 Å². The molecule has 122 valence electrons. The number of halogens is 1. The summed E-state index contributed by atoms with van der Waals surface area (Å²) >= 11 is 5.67. The Kier molecular flexibility index (Phi) is 14.4. The Balaban J connectivity index is 3.13. The van der Waals surface area contributed by atoms with Crippen LogP contribution in [-0.2, 0) is 0 Å². The molecule has 0 rings (SSSR count). The second kappa shape index (κ2) is 14.2. The molecule has 0 aromatic heterocycles. The predicted molar refractivity (Wildman–Crippen MR) is 94.8 cm³/mol. The summed E-state index contributed by atoms with van der Waals surface area (Å²) in [5.41, 5.74) is 0.581. The molecular weight excluding hydrogens is 264 g/mol. The molecule has 0 saturated heterocycles. The van der Waals surface area contributed by atoms with Crippen LogP contribution in [0.1, 0.15) is 111 Å².